The molecule has 226 valence electrons. The summed E-state index contributed by atoms with van der Waals surface area (Å²) in [5, 5.41) is 24.9. The highest BCUT2D eigenvalue weighted by Gasteiger charge is 2.78. The van der Waals surface area contributed by atoms with E-state index in [1.165, 1.54) is 19.0 Å². The highest BCUT2D eigenvalue weighted by Crippen LogP contribution is 2.57. The molecule has 42 heavy (non-hydrogen) atoms. The van der Waals surface area contributed by atoms with Crippen molar-refractivity contribution in [3.63, 3.8) is 0 Å². The average molecular weight is 583 g/mol. The Bertz CT molecular complexity index is 1450. The summed E-state index contributed by atoms with van der Waals surface area (Å²) in [5.74, 6) is -9.98. The van der Waals surface area contributed by atoms with Gasteiger partial charge in [0.1, 0.15) is 11.7 Å². The molecule has 7 atom stereocenters. The van der Waals surface area contributed by atoms with Gasteiger partial charge in [-0.15, -0.1) is 0 Å². The second kappa shape index (κ2) is 10.2. The minimum atomic E-state index is -2.79. The molecule has 1 aromatic rings. The van der Waals surface area contributed by atoms with Gasteiger partial charge in [0.05, 0.1) is 23.2 Å². The van der Waals surface area contributed by atoms with Gasteiger partial charge >= 0.3 is 0 Å². The summed E-state index contributed by atoms with van der Waals surface area (Å²) in [6.45, 7) is 2.38. The molecule has 3 aliphatic carbocycles. The fourth-order valence-corrected chi connectivity index (χ4v) is 7.28. The molecule has 0 heterocycles. The molecule has 0 bridgehead atoms. The van der Waals surface area contributed by atoms with Crippen LogP contribution in [0.3, 0.4) is 0 Å². The number of benzene rings is 1. The molecule has 0 aromatic heterocycles. The molecule has 10 N–H and O–H groups in total. The summed E-state index contributed by atoms with van der Waals surface area (Å²) < 4.78 is 0. The lowest BCUT2D eigenvalue weighted by Crippen LogP contribution is -2.85. The molecule has 0 radical (unpaired) electrons. The van der Waals surface area contributed by atoms with Crippen LogP contribution in [0.5, 0.6) is 5.75 Å². The first-order valence-electron chi connectivity index (χ1n) is 13.5. The maximum absolute atomic E-state index is 14.5. The molecule has 1 amide bonds. The standard InChI is InChI=1S/C28H38N8O6/c1-12(30)8-34-9-13-6-15(35(2)3)14-7-26(32)10-28(33)22(36(4)5)21(39)17(25(31)42)23(40)27(28,11-29)24(41)18(26)20(38)16(14)19(13)37/h6,12,17-18,22,34,37H,7-10,30,32-33H2,1-5H3,(H2,31,42)/t12?,17?,18?,22-,26-,27+,28-/m1/s1. The largest absolute Gasteiger partial charge is 0.507 e. The van der Waals surface area contributed by atoms with Gasteiger partial charge in [0.2, 0.25) is 5.91 Å². The fourth-order valence-electron chi connectivity index (χ4n) is 7.28. The minimum Gasteiger partial charge on any atom is -0.507 e. The number of Topliss-reactive ketones (excluding diaryl/α,β-unsaturated/α-hetero) is 4. The van der Waals surface area contributed by atoms with Gasteiger partial charge in [0.25, 0.3) is 0 Å². The van der Waals surface area contributed by atoms with E-state index in [4.69, 9.17) is 22.9 Å². The Hall–Kier alpha value is -3.74. The van der Waals surface area contributed by atoms with E-state index in [9.17, 15) is 34.3 Å². The Labute approximate surface area is 243 Å². The van der Waals surface area contributed by atoms with Crippen LogP contribution in [0.4, 0.5) is 5.69 Å². The van der Waals surface area contributed by atoms with E-state index in [1.54, 1.807) is 38.1 Å². The maximum atomic E-state index is 14.5. The number of nitrogens with one attached hydrogen (secondary N) is 1. The predicted molar refractivity (Wildman–Crippen MR) is 151 cm³/mol. The zero-order valence-corrected chi connectivity index (χ0v) is 24.4. The highest BCUT2D eigenvalue weighted by atomic mass is 16.3. The Kier molecular flexibility index (Phi) is 7.59. The number of carbonyl (C=O) groups excluding carboxylic acids is 5. The summed E-state index contributed by atoms with van der Waals surface area (Å²) in [7, 11) is 6.40. The van der Waals surface area contributed by atoms with Crippen LogP contribution in [-0.4, -0.2) is 96.9 Å². The smallest absolute Gasteiger partial charge is 0.235 e. The first-order valence-corrected chi connectivity index (χ1v) is 13.5. The number of nitrogens with two attached hydrogens (primary N) is 4. The molecule has 3 unspecified atom stereocenters. The third kappa shape index (κ3) is 4.07. The molecular formula is C28H38N8O6. The van der Waals surface area contributed by atoms with Crippen LogP contribution in [0.2, 0.25) is 0 Å². The number of aromatic hydroxyl groups is 1. The molecule has 3 aliphatic rings. The zero-order valence-electron chi connectivity index (χ0n) is 24.4. The van der Waals surface area contributed by atoms with E-state index in [-0.39, 0.29) is 30.3 Å². The molecule has 4 rings (SSSR count). The van der Waals surface area contributed by atoms with Crippen molar-refractivity contribution in [2.24, 2.45) is 40.2 Å². The van der Waals surface area contributed by atoms with Crippen molar-refractivity contribution < 1.29 is 29.1 Å². The van der Waals surface area contributed by atoms with Crippen molar-refractivity contribution in [2.45, 2.75) is 49.5 Å². The number of hydrogen-bond acceptors (Lipinski definition) is 13. The van der Waals surface area contributed by atoms with Crippen LogP contribution in [0.15, 0.2) is 6.07 Å². The number of fused-ring (bicyclic) bond motifs is 3. The van der Waals surface area contributed by atoms with Crippen LogP contribution in [0.25, 0.3) is 0 Å². The molecule has 2 fully saturated rings. The topological polar surface area (TPSA) is 252 Å². The second-order valence-corrected chi connectivity index (χ2v) is 12.4. The quantitative estimate of drug-likeness (QED) is 0.179. The molecule has 0 saturated heterocycles. The Balaban J connectivity index is 1.98. The summed E-state index contributed by atoms with van der Waals surface area (Å²) in [6.07, 6.45) is -0.604. The Morgan fingerprint density at radius 1 is 1.19 bits per heavy atom. The summed E-state index contributed by atoms with van der Waals surface area (Å²) in [5.41, 5.74) is 19.4. The molecular weight excluding hydrogens is 544 g/mol. The first kappa shape index (κ1) is 31.2. The number of rotatable bonds is 7. The van der Waals surface area contributed by atoms with Crippen molar-refractivity contribution >= 4 is 34.7 Å². The van der Waals surface area contributed by atoms with Gasteiger partial charge in [-0.3, -0.25) is 28.9 Å². The summed E-state index contributed by atoms with van der Waals surface area (Å²) >= 11 is 0. The van der Waals surface area contributed by atoms with Crippen LogP contribution < -0.4 is 33.2 Å². The van der Waals surface area contributed by atoms with E-state index in [0.29, 0.717) is 23.4 Å². The number of likely N-dealkylation sites (N-methyl/N-ethyl adjacent to an activating group) is 1. The highest BCUT2D eigenvalue weighted by molar-refractivity contribution is 6.33. The summed E-state index contributed by atoms with van der Waals surface area (Å²) in [4.78, 5) is 71.5. The van der Waals surface area contributed by atoms with Crippen LogP contribution >= 0.6 is 0 Å². The number of phenolic OH excluding ortho intramolecular Hbond substituents is 1. The Morgan fingerprint density at radius 2 is 1.81 bits per heavy atom. The van der Waals surface area contributed by atoms with Gasteiger partial charge in [-0.2, -0.15) is 5.26 Å². The zero-order chi connectivity index (χ0) is 31.7. The lowest BCUT2D eigenvalue weighted by molar-refractivity contribution is -0.166. The molecule has 14 heteroatoms. The minimum absolute atomic E-state index is 0.138. The molecule has 14 nitrogen and oxygen atoms in total. The number of ketones is 4. The van der Waals surface area contributed by atoms with Gasteiger partial charge in [0.15, 0.2) is 34.5 Å². The van der Waals surface area contributed by atoms with Gasteiger partial charge in [0, 0.05) is 50.0 Å². The molecule has 2 saturated carbocycles. The third-order valence-electron chi connectivity index (χ3n) is 8.91. The maximum Gasteiger partial charge on any atom is 0.235 e. The third-order valence-corrected chi connectivity index (χ3v) is 8.91. The number of amides is 1. The number of primary amides is 1. The predicted octanol–water partition coefficient (Wildman–Crippen LogP) is -2.69. The monoisotopic (exact) mass is 582 g/mol. The van der Waals surface area contributed by atoms with E-state index >= 15 is 0 Å². The van der Waals surface area contributed by atoms with Crippen LogP contribution in [-0.2, 0) is 32.1 Å². The van der Waals surface area contributed by atoms with Gasteiger partial charge in [-0.25, -0.2) is 0 Å². The SMILES string of the molecule is CC(N)CNCc1cc(N(C)C)c2c(c1O)C(=O)C1C(=O)[C@]3(C#N)C(=O)C(C(N)=O)C(=O)[C@@H](N(C)C)[C@]3(N)C[C@]1(N)C2. The normalized spacial score (nSPS) is 33.0. The number of carbonyl (C=O) groups is 5. The van der Waals surface area contributed by atoms with Gasteiger partial charge < -0.3 is 38.3 Å². The van der Waals surface area contributed by atoms with Crippen molar-refractivity contribution in [3.8, 4) is 11.8 Å². The van der Waals surface area contributed by atoms with Crippen molar-refractivity contribution in [1.29, 1.82) is 5.26 Å². The lowest BCUT2D eigenvalue weighted by Gasteiger charge is -2.60. The van der Waals surface area contributed by atoms with Crippen molar-refractivity contribution in [3.05, 3.63) is 22.8 Å². The summed E-state index contributed by atoms with van der Waals surface area (Å²) in [6, 6.07) is 1.78. The van der Waals surface area contributed by atoms with E-state index in [2.05, 4.69) is 5.32 Å². The first-order chi connectivity index (χ1) is 19.4. The van der Waals surface area contributed by atoms with E-state index < -0.39 is 69.8 Å². The second-order valence-electron chi connectivity index (χ2n) is 12.4. The van der Waals surface area contributed by atoms with E-state index in [1.807, 2.05) is 0 Å². The average Bonchev–Trinajstić information content (AvgIpc) is 2.83. The lowest BCUT2D eigenvalue weighted by atomic mass is 9.42. The number of hydrogen-bond donors (Lipinski definition) is 6. The van der Waals surface area contributed by atoms with Crippen molar-refractivity contribution in [2.75, 3.05) is 39.6 Å². The fraction of sp³-hybridized carbons (Fsp3) is 0.571. The molecule has 0 aliphatic heterocycles. The molecule has 0 spiro atoms. The van der Waals surface area contributed by atoms with Crippen LogP contribution in [0, 0.1) is 28.6 Å². The molecule has 1 aromatic carbocycles. The van der Waals surface area contributed by atoms with Gasteiger partial charge in [-0.1, -0.05) is 0 Å². The number of anilines is 1. The van der Waals surface area contributed by atoms with E-state index in [0.717, 1.165) is 0 Å². The van der Waals surface area contributed by atoms with Crippen molar-refractivity contribution in [1.82, 2.24) is 10.2 Å². The van der Waals surface area contributed by atoms with Crippen LogP contribution in [0.1, 0.15) is 34.8 Å². The number of nitriles is 1. The Morgan fingerprint density at radius 3 is 2.31 bits per heavy atom. The van der Waals surface area contributed by atoms with Gasteiger partial charge in [-0.05, 0) is 45.5 Å². The number of nitrogens with zero attached hydrogens (tertiary/aromatic N) is 3. The number of phenols is 1.